The lowest BCUT2D eigenvalue weighted by Crippen LogP contribution is -2.29. The van der Waals surface area contributed by atoms with Crippen LogP contribution in [0.1, 0.15) is 25.3 Å². The lowest BCUT2D eigenvalue weighted by Gasteiger charge is -2.12. The minimum atomic E-state index is -4.15. The van der Waals surface area contributed by atoms with E-state index in [1.165, 1.54) is 18.1 Å². The Labute approximate surface area is 203 Å². The molecule has 2 aromatic rings. The van der Waals surface area contributed by atoms with Gasteiger partial charge < -0.3 is 9.47 Å². The topological polar surface area (TPSA) is 85.3 Å². The van der Waals surface area contributed by atoms with E-state index in [1.807, 2.05) is 0 Å². The minimum Gasteiger partial charge on any atom is -0.493 e. The van der Waals surface area contributed by atoms with Gasteiger partial charge in [-0.25, -0.2) is 4.39 Å². The lowest BCUT2D eigenvalue weighted by molar-refractivity contribution is -0.121. The number of benzene rings is 2. The average molecular weight is 505 g/mol. The third kappa shape index (κ3) is 6.06. The highest BCUT2D eigenvalue weighted by Gasteiger charge is 2.34. The third-order valence-corrected chi connectivity index (χ3v) is 7.15. The lowest BCUT2D eigenvalue weighted by atomic mass is 10.2. The van der Waals surface area contributed by atoms with Crippen molar-refractivity contribution in [3.05, 3.63) is 71.4 Å². The predicted octanol–water partition coefficient (Wildman–Crippen LogP) is 4.86. The first-order valence-electron chi connectivity index (χ1n) is 10.5. The highest BCUT2D eigenvalue weighted by atomic mass is 32.2. The maximum Gasteiger partial charge on any atom is 0.284 e. The van der Waals surface area contributed by atoms with Gasteiger partial charge in [-0.1, -0.05) is 25.5 Å². The number of halogens is 1. The van der Waals surface area contributed by atoms with Crippen LogP contribution in [0.15, 0.2) is 69.3 Å². The molecule has 1 heterocycles. The van der Waals surface area contributed by atoms with Crippen molar-refractivity contribution in [2.24, 2.45) is 4.40 Å². The predicted molar refractivity (Wildman–Crippen MR) is 132 cm³/mol. The molecular weight excluding hydrogens is 479 g/mol. The molecule has 2 aromatic carbocycles. The van der Waals surface area contributed by atoms with Gasteiger partial charge in [0.05, 0.1) is 23.5 Å². The zero-order chi connectivity index (χ0) is 24.7. The van der Waals surface area contributed by atoms with Crippen molar-refractivity contribution in [3.63, 3.8) is 0 Å². The zero-order valence-corrected chi connectivity index (χ0v) is 20.5. The number of hydrogen-bond acceptors (Lipinski definition) is 6. The molecule has 1 saturated heterocycles. The summed E-state index contributed by atoms with van der Waals surface area (Å²) in [4.78, 5) is 14.3. The maximum absolute atomic E-state index is 13.2. The van der Waals surface area contributed by atoms with E-state index in [-0.39, 0.29) is 21.5 Å². The molecule has 0 radical (unpaired) electrons. The number of methoxy groups -OCH3 is 1. The van der Waals surface area contributed by atoms with Crippen molar-refractivity contribution in [2.75, 3.05) is 20.3 Å². The average Bonchev–Trinajstić information content (AvgIpc) is 3.08. The van der Waals surface area contributed by atoms with Crippen LogP contribution in [-0.2, 0) is 14.8 Å². The Balaban J connectivity index is 1.92. The molecule has 1 aliphatic rings. The van der Waals surface area contributed by atoms with E-state index in [0.717, 1.165) is 48.9 Å². The van der Waals surface area contributed by atoms with Crippen LogP contribution in [-0.4, -0.2) is 44.7 Å². The van der Waals surface area contributed by atoms with Gasteiger partial charge in [-0.05, 0) is 66.2 Å². The van der Waals surface area contributed by atoms with Crippen molar-refractivity contribution in [3.8, 4) is 11.5 Å². The first-order valence-corrected chi connectivity index (χ1v) is 12.8. The number of sulfonamides is 1. The van der Waals surface area contributed by atoms with Crippen LogP contribution >= 0.6 is 11.8 Å². The van der Waals surface area contributed by atoms with E-state index < -0.39 is 21.7 Å². The molecule has 0 bridgehead atoms. The highest BCUT2D eigenvalue weighted by molar-refractivity contribution is 8.19. The first-order chi connectivity index (χ1) is 16.3. The van der Waals surface area contributed by atoms with Crippen LogP contribution in [0.4, 0.5) is 4.39 Å². The van der Waals surface area contributed by atoms with Crippen molar-refractivity contribution in [1.82, 2.24) is 4.90 Å². The molecule has 0 N–H and O–H groups in total. The standard InChI is InChI=1S/C24H25FN2O5S2/c1-4-6-14-32-20-12-7-17(15-21(20)31-3)16-22-23(28)27(13-5-2)24(33-22)26-34(29,30)19-10-8-18(25)9-11-19/h5,7-12,15-16H,2,4,6,13-14H2,1,3H3/b22-16-,26-24+. The van der Waals surface area contributed by atoms with E-state index in [1.54, 1.807) is 24.3 Å². The number of nitrogens with zero attached hydrogens (tertiary/aromatic N) is 2. The van der Waals surface area contributed by atoms with Gasteiger partial charge in [0, 0.05) is 6.54 Å². The van der Waals surface area contributed by atoms with Crippen LogP contribution in [0.2, 0.25) is 0 Å². The van der Waals surface area contributed by atoms with Gasteiger partial charge in [-0.2, -0.15) is 8.42 Å². The Morgan fingerprint density at radius 3 is 2.56 bits per heavy atom. The largest absolute Gasteiger partial charge is 0.493 e. The van der Waals surface area contributed by atoms with Crippen LogP contribution < -0.4 is 9.47 Å². The smallest absolute Gasteiger partial charge is 0.284 e. The van der Waals surface area contributed by atoms with Crippen molar-refractivity contribution >= 4 is 38.9 Å². The third-order valence-electron chi connectivity index (χ3n) is 4.75. The number of thioether (sulfide) groups is 1. The van der Waals surface area contributed by atoms with Gasteiger partial charge in [0.15, 0.2) is 16.7 Å². The number of amides is 1. The fourth-order valence-electron chi connectivity index (χ4n) is 3.00. The van der Waals surface area contributed by atoms with E-state index in [2.05, 4.69) is 17.9 Å². The Morgan fingerprint density at radius 1 is 1.18 bits per heavy atom. The van der Waals surface area contributed by atoms with Crippen LogP contribution in [0.5, 0.6) is 11.5 Å². The van der Waals surface area contributed by atoms with Gasteiger partial charge >= 0.3 is 0 Å². The minimum absolute atomic E-state index is 0.00745. The number of unbranched alkanes of at least 4 members (excludes halogenated alkanes) is 1. The highest BCUT2D eigenvalue weighted by Crippen LogP contribution is 2.35. The molecule has 7 nitrogen and oxygen atoms in total. The molecule has 0 unspecified atom stereocenters. The van der Waals surface area contributed by atoms with Gasteiger partial charge in [-0.3, -0.25) is 9.69 Å². The van der Waals surface area contributed by atoms with Gasteiger partial charge in [0.1, 0.15) is 5.82 Å². The Morgan fingerprint density at radius 2 is 1.91 bits per heavy atom. The summed E-state index contributed by atoms with van der Waals surface area (Å²) < 4.78 is 53.6. The molecule has 0 aromatic heterocycles. The molecule has 10 heteroatoms. The summed E-state index contributed by atoms with van der Waals surface area (Å²) in [5.41, 5.74) is 0.678. The molecule has 3 rings (SSSR count). The summed E-state index contributed by atoms with van der Waals surface area (Å²) >= 11 is 0.935. The zero-order valence-electron chi connectivity index (χ0n) is 18.9. The number of ether oxygens (including phenoxy) is 2. The summed E-state index contributed by atoms with van der Waals surface area (Å²) in [5, 5.41) is -0.00745. The van der Waals surface area contributed by atoms with E-state index >= 15 is 0 Å². The van der Waals surface area contributed by atoms with Gasteiger partial charge in [0.2, 0.25) is 0 Å². The molecule has 1 amide bonds. The fourth-order valence-corrected chi connectivity index (χ4v) is 5.19. The molecule has 1 fully saturated rings. The molecular formula is C24H25FN2O5S2. The number of rotatable bonds is 10. The summed E-state index contributed by atoms with van der Waals surface area (Å²) in [5.74, 6) is 0.161. The molecule has 0 aliphatic carbocycles. The monoisotopic (exact) mass is 504 g/mol. The summed E-state index contributed by atoms with van der Waals surface area (Å²) in [6.07, 6.45) is 5.04. The number of hydrogen-bond donors (Lipinski definition) is 0. The fraction of sp³-hybridized carbons (Fsp3) is 0.250. The van der Waals surface area contributed by atoms with E-state index in [4.69, 9.17) is 9.47 Å². The summed E-state index contributed by atoms with van der Waals surface area (Å²) in [6, 6.07) is 9.62. The normalized spacial score (nSPS) is 16.3. The number of carbonyl (C=O) groups is 1. The number of amidine groups is 1. The molecule has 0 saturated carbocycles. The summed E-state index contributed by atoms with van der Waals surface area (Å²) in [7, 11) is -2.62. The van der Waals surface area contributed by atoms with Gasteiger partial charge in [-0.15, -0.1) is 11.0 Å². The molecule has 1 aliphatic heterocycles. The quantitative estimate of drug-likeness (QED) is 0.261. The van der Waals surface area contributed by atoms with Crippen LogP contribution in [0.25, 0.3) is 6.08 Å². The number of carbonyl (C=O) groups excluding carboxylic acids is 1. The van der Waals surface area contributed by atoms with Crippen LogP contribution in [0.3, 0.4) is 0 Å². The van der Waals surface area contributed by atoms with Crippen molar-refractivity contribution in [2.45, 2.75) is 24.7 Å². The van der Waals surface area contributed by atoms with Crippen molar-refractivity contribution in [1.29, 1.82) is 0 Å². The second kappa shape index (κ2) is 11.3. The van der Waals surface area contributed by atoms with Crippen LogP contribution in [0, 0.1) is 5.82 Å². The molecule has 0 atom stereocenters. The second-order valence-electron chi connectivity index (χ2n) is 7.23. The molecule has 0 spiro atoms. The van der Waals surface area contributed by atoms with E-state index in [9.17, 15) is 17.6 Å². The van der Waals surface area contributed by atoms with Gasteiger partial charge in [0.25, 0.3) is 15.9 Å². The first kappa shape index (κ1) is 25.5. The van der Waals surface area contributed by atoms with E-state index in [0.29, 0.717) is 23.7 Å². The molecule has 180 valence electrons. The Hall–Kier alpha value is -3.11. The Bertz CT molecular complexity index is 1220. The van der Waals surface area contributed by atoms with Crippen molar-refractivity contribution < 1.29 is 27.1 Å². The Kier molecular flexibility index (Phi) is 8.51. The second-order valence-corrected chi connectivity index (χ2v) is 9.84. The maximum atomic E-state index is 13.2. The SMILES string of the molecule is C=CCN1C(=O)/C(=C/c2ccc(OCCCC)c(OC)c2)S/C1=N/S(=O)(=O)c1ccc(F)cc1. The molecule has 34 heavy (non-hydrogen) atoms. The summed E-state index contributed by atoms with van der Waals surface area (Å²) in [6.45, 7) is 6.35.